The van der Waals surface area contributed by atoms with Gasteiger partial charge in [-0.05, 0) is 63.0 Å². The number of aliphatic hydroxyl groups excluding tert-OH is 1. The van der Waals surface area contributed by atoms with Gasteiger partial charge in [0.05, 0.1) is 4.88 Å². The summed E-state index contributed by atoms with van der Waals surface area (Å²) in [6.07, 6.45) is 6.82. The lowest BCUT2D eigenvalue weighted by Crippen LogP contribution is -2.46. The first-order valence-electron chi connectivity index (χ1n) is 7.72. The minimum Gasteiger partial charge on any atom is -0.396 e. The summed E-state index contributed by atoms with van der Waals surface area (Å²) in [4.78, 5) is 17.0. The average molecular weight is 293 g/mol. The molecule has 0 radical (unpaired) electrons. The van der Waals surface area contributed by atoms with E-state index < -0.39 is 0 Å². The summed E-state index contributed by atoms with van der Waals surface area (Å²) >= 11 is 1.69. The van der Waals surface area contributed by atoms with Crippen molar-refractivity contribution in [1.29, 1.82) is 0 Å². The number of nitrogens with zero attached hydrogens (tertiary/aromatic N) is 1. The summed E-state index contributed by atoms with van der Waals surface area (Å²) < 4.78 is 0. The molecule has 3 nitrogen and oxygen atoms in total. The molecule has 3 rings (SSSR count). The molecule has 4 heteroatoms. The average Bonchev–Trinajstić information content (AvgIpc) is 2.91. The van der Waals surface area contributed by atoms with Crippen molar-refractivity contribution in [3.05, 3.63) is 21.4 Å². The number of rotatable bonds is 2. The van der Waals surface area contributed by atoms with Gasteiger partial charge < -0.3 is 10.0 Å². The molecule has 0 spiro atoms. The Kier molecular flexibility index (Phi) is 4.13. The molecular weight excluding hydrogens is 270 g/mol. The number of hydrogen-bond acceptors (Lipinski definition) is 3. The van der Waals surface area contributed by atoms with Gasteiger partial charge >= 0.3 is 0 Å². The fourth-order valence-electron chi connectivity index (χ4n) is 3.35. The van der Waals surface area contributed by atoms with Crippen molar-refractivity contribution in [3.63, 3.8) is 0 Å². The molecule has 1 aliphatic carbocycles. The first-order valence-corrected chi connectivity index (χ1v) is 8.54. The maximum atomic E-state index is 12.7. The standard InChI is InChI=1S/C16H23NO2S/c1-11-6-7-12(10-18)9-17(11)16(19)15-8-13-4-2-3-5-14(13)20-15/h8,11-12,18H,2-7,9-10H2,1H3. The van der Waals surface area contributed by atoms with Crippen LogP contribution in [0.25, 0.3) is 0 Å². The molecule has 1 aromatic heterocycles. The van der Waals surface area contributed by atoms with Gasteiger partial charge in [0.15, 0.2) is 0 Å². The molecule has 0 saturated carbocycles. The smallest absolute Gasteiger partial charge is 0.264 e. The van der Waals surface area contributed by atoms with Gasteiger partial charge in [0.1, 0.15) is 0 Å². The lowest BCUT2D eigenvalue weighted by Gasteiger charge is -2.37. The fourth-order valence-corrected chi connectivity index (χ4v) is 4.56. The van der Waals surface area contributed by atoms with Crippen LogP contribution >= 0.6 is 11.3 Å². The second-order valence-corrected chi connectivity index (χ2v) is 7.34. The van der Waals surface area contributed by atoms with E-state index in [1.54, 1.807) is 11.3 Å². The zero-order valence-electron chi connectivity index (χ0n) is 12.1. The van der Waals surface area contributed by atoms with Crippen LogP contribution in [0.15, 0.2) is 6.07 Å². The maximum Gasteiger partial charge on any atom is 0.264 e. The van der Waals surface area contributed by atoms with Crippen molar-refractivity contribution in [2.75, 3.05) is 13.2 Å². The Bertz CT molecular complexity index is 473. The number of fused-ring (bicyclic) bond motifs is 1. The highest BCUT2D eigenvalue weighted by molar-refractivity contribution is 7.14. The molecule has 110 valence electrons. The summed E-state index contributed by atoms with van der Waals surface area (Å²) in [6, 6.07) is 2.42. The Hall–Kier alpha value is -0.870. The molecule has 20 heavy (non-hydrogen) atoms. The fraction of sp³-hybridized carbons (Fsp3) is 0.688. The molecule has 2 atom stereocenters. The van der Waals surface area contributed by atoms with E-state index in [4.69, 9.17) is 0 Å². The second kappa shape index (κ2) is 5.86. The molecule has 1 aromatic rings. The van der Waals surface area contributed by atoms with Gasteiger partial charge in [-0.2, -0.15) is 0 Å². The predicted octanol–water partition coefficient (Wildman–Crippen LogP) is 2.86. The van der Waals surface area contributed by atoms with E-state index in [2.05, 4.69) is 13.0 Å². The van der Waals surface area contributed by atoms with Gasteiger partial charge in [0.25, 0.3) is 5.91 Å². The van der Waals surface area contributed by atoms with Gasteiger partial charge in [0.2, 0.25) is 0 Å². The summed E-state index contributed by atoms with van der Waals surface area (Å²) in [5.74, 6) is 0.430. The van der Waals surface area contributed by atoms with Crippen molar-refractivity contribution in [1.82, 2.24) is 4.90 Å². The third kappa shape index (κ3) is 2.63. The lowest BCUT2D eigenvalue weighted by molar-refractivity contribution is 0.0493. The van der Waals surface area contributed by atoms with Gasteiger partial charge in [-0.25, -0.2) is 0 Å². The third-order valence-corrected chi connectivity index (χ3v) is 5.93. The van der Waals surface area contributed by atoms with Crippen molar-refractivity contribution in [3.8, 4) is 0 Å². The summed E-state index contributed by atoms with van der Waals surface area (Å²) in [7, 11) is 0. The SMILES string of the molecule is CC1CCC(CO)CN1C(=O)c1cc2c(s1)CCCC2. The van der Waals surface area contributed by atoms with E-state index in [0.717, 1.165) is 30.6 Å². The minimum absolute atomic E-state index is 0.176. The van der Waals surface area contributed by atoms with Crippen LogP contribution in [0.2, 0.25) is 0 Å². The minimum atomic E-state index is 0.176. The molecule has 1 fully saturated rings. The van der Waals surface area contributed by atoms with Crippen LogP contribution in [0, 0.1) is 5.92 Å². The lowest BCUT2D eigenvalue weighted by atomic mass is 9.94. The van der Waals surface area contributed by atoms with Crippen LogP contribution in [0.5, 0.6) is 0 Å². The van der Waals surface area contributed by atoms with E-state index in [-0.39, 0.29) is 18.4 Å². The highest BCUT2D eigenvalue weighted by Crippen LogP contribution is 2.32. The van der Waals surface area contributed by atoms with E-state index in [0.29, 0.717) is 12.6 Å². The van der Waals surface area contributed by atoms with E-state index >= 15 is 0 Å². The first kappa shape index (κ1) is 14.1. The van der Waals surface area contributed by atoms with Crippen LogP contribution in [0.4, 0.5) is 0 Å². The Morgan fingerprint density at radius 3 is 2.95 bits per heavy atom. The second-order valence-electron chi connectivity index (χ2n) is 6.20. The van der Waals surface area contributed by atoms with Gasteiger partial charge in [-0.3, -0.25) is 4.79 Å². The molecule has 1 N–H and O–H groups in total. The van der Waals surface area contributed by atoms with Crippen molar-refractivity contribution in [2.45, 2.75) is 51.5 Å². The Morgan fingerprint density at radius 1 is 1.40 bits per heavy atom. The van der Waals surface area contributed by atoms with E-state index in [1.807, 2.05) is 4.90 Å². The van der Waals surface area contributed by atoms with Crippen molar-refractivity contribution in [2.24, 2.45) is 5.92 Å². The van der Waals surface area contributed by atoms with Gasteiger partial charge in [-0.1, -0.05) is 0 Å². The van der Waals surface area contributed by atoms with Gasteiger partial charge in [-0.15, -0.1) is 11.3 Å². The topological polar surface area (TPSA) is 40.5 Å². The largest absolute Gasteiger partial charge is 0.396 e. The Labute approximate surface area is 124 Å². The molecule has 2 aliphatic rings. The number of amides is 1. The number of thiophene rings is 1. The summed E-state index contributed by atoms with van der Waals surface area (Å²) in [5.41, 5.74) is 1.40. The highest BCUT2D eigenvalue weighted by atomic mass is 32.1. The number of carbonyl (C=O) groups is 1. The molecule has 1 amide bonds. The molecule has 1 saturated heterocycles. The summed E-state index contributed by atoms with van der Waals surface area (Å²) in [6.45, 7) is 3.02. The number of aryl methyl sites for hydroxylation is 2. The molecule has 2 heterocycles. The molecule has 0 aromatic carbocycles. The zero-order chi connectivity index (χ0) is 14.1. The molecular formula is C16H23NO2S. The quantitative estimate of drug-likeness (QED) is 0.911. The number of carbonyl (C=O) groups excluding carboxylic acids is 1. The number of aliphatic hydroxyl groups is 1. The van der Waals surface area contributed by atoms with Crippen LogP contribution in [-0.4, -0.2) is 35.1 Å². The van der Waals surface area contributed by atoms with E-state index in [9.17, 15) is 9.90 Å². The van der Waals surface area contributed by atoms with E-state index in [1.165, 1.54) is 23.3 Å². The van der Waals surface area contributed by atoms with Crippen molar-refractivity contribution < 1.29 is 9.90 Å². The molecule has 2 unspecified atom stereocenters. The van der Waals surface area contributed by atoms with Gasteiger partial charge in [0, 0.05) is 24.1 Å². The van der Waals surface area contributed by atoms with Crippen molar-refractivity contribution >= 4 is 17.2 Å². The molecule has 0 bridgehead atoms. The predicted molar refractivity (Wildman–Crippen MR) is 81.3 cm³/mol. The zero-order valence-corrected chi connectivity index (χ0v) is 12.9. The maximum absolute atomic E-state index is 12.7. The first-order chi connectivity index (χ1) is 9.69. The summed E-state index contributed by atoms with van der Waals surface area (Å²) in [5, 5.41) is 9.34. The molecule has 1 aliphatic heterocycles. The Balaban J connectivity index is 1.78. The number of piperidine rings is 1. The van der Waals surface area contributed by atoms with Crippen LogP contribution < -0.4 is 0 Å². The normalized spacial score (nSPS) is 26.4. The number of likely N-dealkylation sites (tertiary alicyclic amines) is 1. The van der Waals surface area contributed by atoms with Crippen LogP contribution in [0.3, 0.4) is 0 Å². The van der Waals surface area contributed by atoms with Crippen LogP contribution in [0.1, 0.15) is 52.7 Å². The number of hydrogen-bond donors (Lipinski definition) is 1. The van der Waals surface area contributed by atoms with Crippen LogP contribution in [-0.2, 0) is 12.8 Å². The monoisotopic (exact) mass is 293 g/mol. The third-order valence-electron chi connectivity index (χ3n) is 4.71. The highest BCUT2D eigenvalue weighted by Gasteiger charge is 2.30. The Morgan fingerprint density at radius 2 is 2.20 bits per heavy atom.